The number of carbonyl (C=O) groups is 1. The van der Waals surface area contributed by atoms with E-state index in [0.717, 1.165) is 23.9 Å². The molecule has 2 heterocycles. The highest BCUT2D eigenvalue weighted by atomic mass is 16.5. The Labute approximate surface area is 116 Å². The SMILES string of the molecule is COC(=O)c1cc2occ(CCc3ccccc3)c2[nH]1. The maximum Gasteiger partial charge on any atom is 0.354 e. The fraction of sp³-hybridized carbons (Fsp3) is 0.188. The average molecular weight is 269 g/mol. The van der Waals surface area contributed by atoms with Gasteiger partial charge in [0, 0.05) is 11.6 Å². The molecule has 0 saturated heterocycles. The van der Waals surface area contributed by atoms with E-state index in [0.29, 0.717) is 11.3 Å². The van der Waals surface area contributed by atoms with Crippen LogP contribution in [0, 0.1) is 0 Å². The molecule has 0 aliphatic carbocycles. The van der Waals surface area contributed by atoms with Crippen molar-refractivity contribution >= 4 is 17.1 Å². The molecule has 3 aromatic rings. The highest BCUT2D eigenvalue weighted by molar-refractivity contribution is 5.93. The number of nitrogens with one attached hydrogen (secondary N) is 1. The number of methoxy groups -OCH3 is 1. The predicted octanol–water partition coefficient (Wildman–Crippen LogP) is 3.33. The van der Waals surface area contributed by atoms with Gasteiger partial charge in [-0.25, -0.2) is 4.79 Å². The first-order valence-corrected chi connectivity index (χ1v) is 6.49. The van der Waals surface area contributed by atoms with Gasteiger partial charge in [0.05, 0.1) is 18.9 Å². The summed E-state index contributed by atoms with van der Waals surface area (Å²) in [4.78, 5) is 14.5. The number of rotatable bonds is 4. The van der Waals surface area contributed by atoms with Gasteiger partial charge < -0.3 is 14.1 Å². The van der Waals surface area contributed by atoms with Gasteiger partial charge in [-0.2, -0.15) is 0 Å². The zero-order valence-electron chi connectivity index (χ0n) is 11.2. The quantitative estimate of drug-likeness (QED) is 0.739. The number of furan rings is 1. The summed E-state index contributed by atoms with van der Waals surface area (Å²) in [5, 5.41) is 0. The van der Waals surface area contributed by atoms with Crippen LogP contribution in [0.4, 0.5) is 0 Å². The van der Waals surface area contributed by atoms with E-state index in [9.17, 15) is 4.79 Å². The van der Waals surface area contributed by atoms with Gasteiger partial charge in [-0.05, 0) is 18.4 Å². The summed E-state index contributed by atoms with van der Waals surface area (Å²) in [5.74, 6) is -0.384. The third-order valence-electron chi connectivity index (χ3n) is 3.36. The van der Waals surface area contributed by atoms with Crippen LogP contribution in [0.15, 0.2) is 47.1 Å². The van der Waals surface area contributed by atoms with Gasteiger partial charge in [0.25, 0.3) is 0 Å². The molecule has 0 atom stereocenters. The summed E-state index contributed by atoms with van der Waals surface area (Å²) in [6.45, 7) is 0. The molecule has 1 aromatic carbocycles. The van der Waals surface area contributed by atoms with E-state index in [1.54, 1.807) is 12.3 Å². The molecule has 4 nitrogen and oxygen atoms in total. The predicted molar refractivity (Wildman–Crippen MR) is 75.8 cm³/mol. The van der Waals surface area contributed by atoms with E-state index >= 15 is 0 Å². The van der Waals surface area contributed by atoms with E-state index in [1.165, 1.54) is 12.7 Å². The van der Waals surface area contributed by atoms with Crippen LogP contribution >= 0.6 is 0 Å². The van der Waals surface area contributed by atoms with E-state index < -0.39 is 0 Å². The molecule has 20 heavy (non-hydrogen) atoms. The van der Waals surface area contributed by atoms with E-state index in [4.69, 9.17) is 9.15 Å². The lowest BCUT2D eigenvalue weighted by Gasteiger charge is -1.99. The second kappa shape index (κ2) is 5.25. The molecule has 0 fully saturated rings. The first kappa shape index (κ1) is 12.5. The molecule has 0 bridgehead atoms. The van der Waals surface area contributed by atoms with Gasteiger partial charge >= 0.3 is 5.97 Å². The third-order valence-corrected chi connectivity index (χ3v) is 3.36. The van der Waals surface area contributed by atoms with Gasteiger partial charge in [0.2, 0.25) is 0 Å². The van der Waals surface area contributed by atoms with Crippen molar-refractivity contribution in [3.8, 4) is 0 Å². The molecular formula is C16H15NO3. The fourth-order valence-electron chi connectivity index (χ4n) is 2.29. The summed E-state index contributed by atoms with van der Waals surface area (Å²) < 4.78 is 10.2. The molecular weight excluding hydrogens is 254 g/mol. The summed E-state index contributed by atoms with van der Waals surface area (Å²) in [6, 6.07) is 12.0. The number of hydrogen-bond acceptors (Lipinski definition) is 3. The Morgan fingerprint density at radius 3 is 2.80 bits per heavy atom. The molecule has 0 spiro atoms. The van der Waals surface area contributed by atoms with Crippen LogP contribution in [0.2, 0.25) is 0 Å². The Hall–Kier alpha value is -2.49. The molecule has 1 N–H and O–H groups in total. The topological polar surface area (TPSA) is 55.2 Å². The number of aromatic amines is 1. The number of hydrogen-bond donors (Lipinski definition) is 1. The minimum absolute atomic E-state index is 0.384. The number of carbonyl (C=O) groups excluding carboxylic acids is 1. The maximum atomic E-state index is 11.5. The van der Waals surface area contributed by atoms with E-state index in [1.807, 2.05) is 18.2 Å². The smallest absolute Gasteiger partial charge is 0.354 e. The minimum Gasteiger partial charge on any atom is -0.464 e. The second-order valence-corrected chi connectivity index (χ2v) is 4.66. The number of benzene rings is 1. The Kier molecular flexibility index (Phi) is 3.29. The number of aryl methyl sites for hydroxylation is 2. The summed E-state index contributed by atoms with van der Waals surface area (Å²) in [5.41, 5.74) is 4.33. The van der Waals surface area contributed by atoms with Crippen molar-refractivity contribution in [3.05, 3.63) is 59.5 Å². The Balaban J connectivity index is 1.81. The van der Waals surface area contributed by atoms with E-state index in [-0.39, 0.29) is 5.97 Å². The van der Waals surface area contributed by atoms with Gasteiger partial charge in [0.1, 0.15) is 5.69 Å². The molecule has 2 aromatic heterocycles. The number of ether oxygens (including phenoxy) is 1. The number of esters is 1. The Bertz CT molecular complexity index is 725. The Morgan fingerprint density at radius 2 is 2.05 bits per heavy atom. The molecule has 0 aliphatic heterocycles. The number of H-pyrrole nitrogens is 1. The number of aromatic nitrogens is 1. The van der Waals surface area contributed by atoms with Crippen molar-refractivity contribution in [2.24, 2.45) is 0 Å². The third kappa shape index (κ3) is 2.32. The maximum absolute atomic E-state index is 11.5. The zero-order chi connectivity index (χ0) is 13.9. The first-order chi connectivity index (χ1) is 9.78. The van der Waals surface area contributed by atoms with Crippen LogP contribution in [0.5, 0.6) is 0 Å². The molecule has 0 saturated carbocycles. The second-order valence-electron chi connectivity index (χ2n) is 4.66. The van der Waals surface area contributed by atoms with Crippen molar-refractivity contribution < 1.29 is 13.9 Å². The van der Waals surface area contributed by atoms with Crippen LogP contribution in [0.3, 0.4) is 0 Å². The standard InChI is InChI=1S/C16H15NO3/c1-19-16(18)13-9-14-15(17-13)12(10-20-14)8-7-11-5-3-2-4-6-11/h2-6,9-10,17H,7-8H2,1H3. The molecule has 102 valence electrons. The number of fused-ring (bicyclic) bond motifs is 1. The van der Waals surface area contributed by atoms with Crippen LogP contribution in [-0.4, -0.2) is 18.1 Å². The van der Waals surface area contributed by atoms with Crippen molar-refractivity contribution in [2.75, 3.05) is 7.11 Å². The van der Waals surface area contributed by atoms with Gasteiger partial charge in [0.15, 0.2) is 5.58 Å². The van der Waals surface area contributed by atoms with Gasteiger partial charge in [-0.1, -0.05) is 30.3 Å². The summed E-state index contributed by atoms with van der Waals surface area (Å²) in [6.07, 6.45) is 3.53. The lowest BCUT2D eigenvalue weighted by atomic mass is 10.1. The highest BCUT2D eigenvalue weighted by Crippen LogP contribution is 2.23. The molecule has 0 aliphatic rings. The van der Waals surface area contributed by atoms with Crippen LogP contribution in [-0.2, 0) is 17.6 Å². The van der Waals surface area contributed by atoms with Crippen LogP contribution < -0.4 is 0 Å². The average Bonchev–Trinajstić information content (AvgIpc) is 3.06. The van der Waals surface area contributed by atoms with Gasteiger partial charge in [-0.15, -0.1) is 0 Å². The van der Waals surface area contributed by atoms with Crippen LogP contribution in [0.25, 0.3) is 11.1 Å². The van der Waals surface area contributed by atoms with Crippen molar-refractivity contribution in [3.63, 3.8) is 0 Å². The summed E-state index contributed by atoms with van der Waals surface area (Å²) >= 11 is 0. The van der Waals surface area contributed by atoms with E-state index in [2.05, 4.69) is 17.1 Å². The lowest BCUT2D eigenvalue weighted by molar-refractivity contribution is 0.0595. The van der Waals surface area contributed by atoms with Crippen molar-refractivity contribution in [1.29, 1.82) is 0 Å². The van der Waals surface area contributed by atoms with Crippen molar-refractivity contribution in [2.45, 2.75) is 12.8 Å². The molecule has 0 unspecified atom stereocenters. The van der Waals surface area contributed by atoms with Gasteiger partial charge in [-0.3, -0.25) is 0 Å². The molecule has 0 amide bonds. The summed E-state index contributed by atoms with van der Waals surface area (Å²) in [7, 11) is 1.36. The Morgan fingerprint density at radius 1 is 1.25 bits per heavy atom. The largest absolute Gasteiger partial charge is 0.464 e. The minimum atomic E-state index is -0.384. The zero-order valence-corrected chi connectivity index (χ0v) is 11.2. The lowest BCUT2D eigenvalue weighted by Crippen LogP contribution is -2.01. The highest BCUT2D eigenvalue weighted by Gasteiger charge is 2.14. The monoisotopic (exact) mass is 269 g/mol. The van der Waals surface area contributed by atoms with Crippen LogP contribution in [0.1, 0.15) is 21.6 Å². The first-order valence-electron chi connectivity index (χ1n) is 6.49. The fourth-order valence-corrected chi connectivity index (χ4v) is 2.29. The molecule has 0 radical (unpaired) electrons. The normalized spacial score (nSPS) is 10.8. The molecule has 3 rings (SSSR count). The van der Waals surface area contributed by atoms with Crippen molar-refractivity contribution in [1.82, 2.24) is 4.98 Å². The molecule has 4 heteroatoms.